The quantitative estimate of drug-likeness (QED) is 0.622. The van der Waals surface area contributed by atoms with Crippen LogP contribution in [0.3, 0.4) is 0 Å². The van der Waals surface area contributed by atoms with Crippen molar-refractivity contribution in [2.45, 2.75) is 24.9 Å². The van der Waals surface area contributed by atoms with Crippen LogP contribution in [-0.4, -0.2) is 29.9 Å². The fraction of sp³-hybridized carbons (Fsp3) is 0.231. The molecule has 0 saturated carbocycles. The lowest BCUT2D eigenvalue weighted by Crippen LogP contribution is -2.37. The standard InChI is InChI=1S/C26H25NO3/c28-24-16-18-27(25(29)30-20-21-10-4-1-5-11-21)19-17-26(24,22-12-6-2-7-13-22)23-14-8-3-9-15-23/h1-15H,16-20H2. The Balaban J connectivity index is 1.57. The van der Waals surface area contributed by atoms with Crippen LogP contribution < -0.4 is 0 Å². The van der Waals surface area contributed by atoms with E-state index in [4.69, 9.17) is 4.74 Å². The van der Waals surface area contributed by atoms with Crippen LogP contribution in [0.15, 0.2) is 91.0 Å². The summed E-state index contributed by atoms with van der Waals surface area (Å²) in [6.45, 7) is 1.06. The molecule has 1 aliphatic rings. The molecule has 1 heterocycles. The summed E-state index contributed by atoms with van der Waals surface area (Å²) >= 11 is 0. The van der Waals surface area contributed by atoms with E-state index in [0.717, 1.165) is 16.7 Å². The average Bonchev–Trinajstić information content (AvgIpc) is 2.99. The van der Waals surface area contributed by atoms with Crippen molar-refractivity contribution < 1.29 is 14.3 Å². The molecule has 1 fully saturated rings. The monoisotopic (exact) mass is 399 g/mol. The molecule has 3 aromatic carbocycles. The molecule has 0 aliphatic carbocycles. The molecule has 0 atom stereocenters. The maximum absolute atomic E-state index is 13.5. The minimum Gasteiger partial charge on any atom is -0.445 e. The number of hydrogen-bond donors (Lipinski definition) is 0. The third-order valence-corrected chi connectivity index (χ3v) is 5.84. The van der Waals surface area contributed by atoms with E-state index in [1.165, 1.54) is 0 Å². The first-order valence-corrected chi connectivity index (χ1v) is 10.3. The van der Waals surface area contributed by atoms with Crippen molar-refractivity contribution in [2.75, 3.05) is 13.1 Å². The Labute approximate surface area is 177 Å². The molecule has 1 amide bonds. The average molecular weight is 399 g/mol. The summed E-state index contributed by atoms with van der Waals surface area (Å²) in [5.41, 5.74) is 2.14. The zero-order valence-corrected chi connectivity index (χ0v) is 16.9. The van der Waals surface area contributed by atoms with Crippen molar-refractivity contribution in [2.24, 2.45) is 0 Å². The van der Waals surface area contributed by atoms with E-state index in [2.05, 4.69) is 0 Å². The zero-order chi connectivity index (χ0) is 20.8. The van der Waals surface area contributed by atoms with Gasteiger partial charge in [0.1, 0.15) is 12.4 Å². The second kappa shape index (κ2) is 8.95. The lowest BCUT2D eigenvalue weighted by molar-refractivity contribution is -0.122. The van der Waals surface area contributed by atoms with Gasteiger partial charge in [0.25, 0.3) is 0 Å². The van der Waals surface area contributed by atoms with Gasteiger partial charge in [0.2, 0.25) is 0 Å². The summed E-state index contributed by atoms with van der Waals surface area (Å²) < 4.78 is 5.51. The lowest BCUT2D eigenvalue weighted by Gasteiger charge is -2.32. The van der Waals surface area contributed by atoms with Crippen molar-refractivity contribution in [1.82, 2.24) is 4.90 Å². The van der Waals surface area contributed by atoms with Crippen LogP contribution in [0.2, 0.25) is 0 Å². The first-order valence-electron chi connectivity index (χ1n) is 10.3. The van der Waals surface area contributed by atoms with Gasteiger partial charge in [0.05, 0.1) is 5.41 Å². The van der Waals surface area contributed by atoms with E-state index >= 15 is 0 Å². The summed E-state index contributed by atoms with van der Waals surface area (Å²) in [7, 11) is 0. The zero-order valence-electron chi connectivity index (χ0n) is 16.9. The van der Waals surface area contributed by atoms with Crippen molar-refractivity contribution >= 4 is 11.9 Å². The number of amides is 1. The highest BCUT2D eigenvalue weighted by atomic mass is 16.6. The molecule has 0 N–H and O–H groups in total. The normalized spacial score (nSPS) is 16.0. The van der Waals surface area contributed by atoms with Gasteiger partial charge in [-0.15, -0.1) is 0 Å². The Kier molecular flexibility index (Phi) is 5.94. The molecule has 0 unspecified atom stereocenters. The fourth-order valence-electron chi connectivity index (χ4n) is 4.22. The van der Waals surface area contributed by atoms with Crippen LogP contribution in [0.1, 0.15) is 29.5 Å². The van der Waals surface area contributed by atoms with Gasteiger partial charge in [-0.25, -0.2) is 4.79 Å². The predicted octanol–water partition coefficient (Wildman–Crippen LogP) is 4.97. The lowest BCUT2D eigenvalue weighted by atomic mass is 9.68. The number of ether oxygens (including phenoxy) is 1. The minimum absolute atomic E-state index is 0.137. The number of carbonyl (C=O) groups excluding carboxylic acids is 2. The predicted molar refractivity (Wildman–Crippen MR) is 116 cm³/mol. The van der Waals surface area contributed by atoms with Crippen LogP contribution in [0, 0.1) is 0 Å². The first-order chi connectivity index (χ1) is 14.7. The Morgan fingerprint density at radius 2 is 1.33 bits per heavy atom. The highest BCUT2D eigenvalue weighted by Crippen LogP contribution is 2.39. The van der Waals surface area contributed by atoms with Crippen molar-refractivity contribution in [3.05, 3.63) is 108 Å². The van der Waals surface area contributed by atoms with Crippen LogP contribution >= 0.6 is 0 Å². The van der Waals surface area contributed by atoms with E-state index in [1.54, 1.807) is 4.90 Å². The van der Waals surface area contributed by atoms with Gasteiger partial charge in [0.15, 0.2) is 0 Å². The number of nitrogens with zero attached hydrogens (tertiary/aromatic N) is 1. The summed E-state index contributed by atoms with van der Waals surface area (Å²) in [6, 6.07) is 29.4. The van der Waals surface area contributed by atoms with Crippen molar-refractivity contribution in [1.29, 1.82) is 0 Å². The van der Waals surface area contributed by atoms with Crippen LogP contribution in [0.5, 0.6) is 0 Å². The first kappa shape index (κ1) is 19.9. The highest BCUT2D eigenvalue weighted by molar-refractivity contribution is 5.94. The van der Waals surface area contributed by atoms with Gasteiger partial charge >= 0.3 is 6.09 Å². The molecule has 4 rings (SSSR count). The van der Waals surface area contributed by atoms with E-state index < -0.39 is 5.41 Å². The summed E-state index contributed by atoms with van der Waals surface area (Å²) in [4.78, 5) is 27.9. The maximum Gasteiger partial charge on any atom is 0.410 e. The SMILES string of the molecule is O=C(OCc1ccccc1)N1CCC(=O)C(c2ccccc2)(c2ccccc2)CC1. The van der Waals surface area contributed by atoms with Gasteiger partial charge in [-0.3, -0.25) is 4.79 Å². The molecule has 30 heavy (non-hydrogen) atoms. The summed E-state index contributed by atoms with van der Waals surface area (Å²) in [5, 5.41) is 0. The molecule has 4 heteroatoms. The Morgan fingerprint density at radius 1 is 0.800 bits per heavy atom. The van der Waals surface area contributed by atoms with Crippen LogP contribution in [-0.2, 0) is 21.6 Å². The van der Waals surface area contributed by atoms with Gasteiger partial charge < -0.3 is 9.64 Å². The second-order valence-corrected chi connectivity index (χ2v) is 7.59. The van der Waals surface area contributed by atoms with Crippen molar-refractivity contribution in [3.63, 3.8) is 0 Å². The molecular formula is C26H25NO3. The minimum atomic E-state index is -0.753. The van der Waals surface area contributed by atoms with Crippen LogP contribution in [0.25, 0.3) is 0 Å². The molecule has 4 nitrogen and oxygen atoms in total. The third kappa shape index (κ3) is 3.99. The molecule has 0 radical (unpaired) electrons. The van der Waals surface area contributed by atoms with Gasteiger partial charge in [-0.05, 0) is 23.1 Å². The second-order valence-electron chi connectivity index (χ2n) is 7.59. The fourth-order valence-corrected chi connectivity index (χ4v) is 4.22. The summed E-state index contributed by atoms with van der Waals surface area (Å²) in [5.74, 6) is 0.137. The van der Waals surface area contributed by atoms with E-state index in [9.17, 15) is 9.59 Å². The van der Waals surface area contributed by atoms with E-state index in [1.807, 2.05) is 91.0 Å². The van der Waals surface area contributed by atoms with Gasteiger partial charge in [-0.2, -0.15) is 0 Å². The largest absolute Gasteiger partial charge is 0.445 e. The maximum atomic E-state index is 13.5. The Bertz CT molecular complexity index is 947. The number of rotatable bonds is 4. The van der Waals surface area contributed by atoms with E-state index in [-0.39, 0.29) is 18.5 Å². The Hall–Kier alpha value is -3.40. The molecule has 0 aromatic heterocycles. The number of Topliss-reactive ketones (excluding diaryl/α,β-unsaturated/α-hetero) is 1. The molecule has 152 valence electrons. The molecule has 3 aromatic rings. The van der Waals surface area contributed by atoms with Crippen LogP contribution in [0.4, 0.5) is 4.79 Å². The van der Waals surface area contributed by atoms with E-state index in [0.29, 0.717) is 25.9 Å². The number of ketones is 1. The summed E-state index contributed by atoms with van der Waals surface area (Å²) in [6.07, 6.45) is 0.452. The van der Waals surface area contributed by atoms with Gasteiger partial charge in [-0.1, -0.05) is 91.0 Å². The number of likely N-dealkylation sites (tertiary alicyclic amines) is 1. The number of benzene rings is 3. The van der Waals surface area contributed by atoms with Gasteiger partial charge in [0, 0.05) is 19.5 Å². The smallest absolute Gasteiger partial charge is 0.410 e. The van der Waals surface area contributed by atoms with Crippen molar-refractivity contribution in [3.8, 4) is 0 Å². The highest BCUT2D eigenvalue weighted by Gasteiger charge is 2.43. The molecule has 1 saturated heterocycles. The third-order valence-electron chi connectivity index (χ3n) is 5.84. The molecule has 0 bridgehead atoms. The Morgan fingerprint density at radius 3 is 1.90 bits per heavy atom. The number of hydrogen-bond acceptors (Lipinski definition) is 3. The number of carbonyl (C=O) groups is 2. The topological polar surface area (TPSA) is 46.6 Å². The molecular weight excluding hydrogens is 374 g/mol. The molecule has 0 spiro atoms. The molecule has 1 aliphatic heterocycles.